The molecule has 0 radical (unpaired) electrons. The molecule has 0 aliphatic rings. The highest BCUT2D eigenvalue weighted by Crippen LogP contribution is 2.19. The van der Waals surface area contributed by atoms with Crippen LogP contribution in [0.3, 0.4) is 0 Å². The minimum Gasteiger partial charge on any atom is -0.463 e. The monoisotopic (exact) mass is 415 g/mol. The number of nitrogens with one attached hydrogen (secondary N) is 2. The molecule has 0 amide bonds. The minimum atomic E-state index is -0.144. The fraction of sp³-hybridized carbons (Fsp3) is 0.0556. The predicted octanol–water partition coefficient (Wildman–Crippen LogP) is 4.18. The SMILES string of the molecule is Cc1cc(NC(=S)NN=Cc2coc3ccccc3c2=O)ccc1Br. The lowest BCUT2D eigenvalue weighted by Crippen LogP contribution is -2.24. The molecule has 0 bridgehead atoms. The van der Waals surface area contributed by atoms with Gasteiger partial charge >= 0.3 is 0 Å². The number of para-hydroxylation sites is 1. The smallest absolute Gasteiger partial charge is 0.201 e. The number of fused-ring (bicyclic) bond motifs is 1. The molecule has 2 aromatic carbocycles. The number of halogens is 1. The van der Waals surface area contributed by atoms with E-state index >= 15 is 0 Å². The quantitative estimate of drug-likeness (QED) is 0.381. The summed E-state index contributed by atoms with van der Waals surface area (Å²) < 4.78 is 6.46. The van der Waals surface area contributed by atoms with Crippen molar-refractivity contribution in [1.29, 1.82) is 0 Å². The lowest BCUT2D eigenvalue weighted by Gasteiger charge is -2.08. The Kier molecular flexibility index (Phi) is 5.25. The van der Waals surface area contributed by atoms with E-state index in [-0.39, 0.29) is 5.43 Å². The first-order chi connectivity index (χ1) is 12.0. The van der Waals surface area contributed by atoms with Crippen molar-refractivity contribution in [2.45, 2.75) is 6.92 Å². The van der Waals surface area contributed by atoms with E-state index in [9.17, 15) is 4.79 Å². The normalized spacial score (nSPS) is 11.0. The molecular weight excluding hydrogens is 402 g/mol. The molecule has 3 rings (SSSR count). The molecule has 0 aliphatic heterocycles. The van der Waals surface area contributed by atoms with Crippen molar-refractivity contribution < 1.29 is 4.42 Å². The molecule has 7 heteroatoms. The van der Waals surface area contributed by atoms with Crippen LogP contribution in [-0.4, -0.2) is 11.3 Å². The van der Waals surface area contributed by atoms with E-state index in [1.807, 2.05) is 31.2 Å². The number of thiocarbonyl (C=S) groups is 1. The molecule has 0 saturated carbocycles. The maximum Gasteiger partial charge on any atom is 0.201 e. The number of rotatable bonds is 3. The summed E-state index contributed by atoms with van der Waals surface area (Å²) in [6.45, 7) is 1.99. The van der Waals surface area contributed by atoms with Crippen LogP contribution in [0.25, 0.3) is 11.0 Å². The Bertz CT molecular complexity index is 1030. The highest BCUT2D eigenvalue weighted by molar-refractivity contribution is 9.10. The molecule has 0 atom stereocenters. The molecule has 2 N–H and O–H groups in total. The number of hydrazone groups is 1. The van der Waals surface area contributed by atoms with Crippen LogP contribution in [0.2, 0.25) is 0 Å². The van der Waals surface area contributed by atoms with Gasteiger partial charge in [0.15, 0.2) is 5.11 Å². The summed E-state index contributed by atoms with van der Waals surface area (Å²) in [7, 11) is 0. The average molecular weight is 416 g/mol. The van der Waals surface area contributed by atoms with Gasteiger partial charge in [0.05, 0.1) is 17.2 Å². The van der Waals surface area contributed by atoms with Gasteiger partial charge in [-0.1, -0.05) is 28.1 Å². The molecule has 3 aromatic rings. The molecule has 0 fully saturated rings. The summed E-state index contributed by atoms with van der Waals surface area (Å²) in [5.74, 6) is 0. The first kappa shape index (κ1) is 17.3. The summed E-state index contributed by atoms with van der Waals surface area (Å²) in [4.78, 5) is 12.3. The molecule has 1 heterocycles. The summed E-state index contributed by atoms with van der Waals surface area (Å²) in [5, 5.41) is 7.86. The van der Waals surface area contributed by atoms with Crippen LogP contribution in [-0.2, 0) is 0 Å². The van der Waals surface area contributed by atoms with E-state index in [0.717, 1.165) is 15.7 Å². The Morgan fingerprint density at radius 1 is 1.28 bits per heavy atom. The van der Waals surface area contributed by atoms with Crippen molar-refractivity contribution in [2.24, 2.45) is 5.10 Å². The second kappa shape index (κ2) is 7.58. The zero-order valence-corrected chi connectivity index (χ0v) is 15.6. The van der Waals surface area contributed by atoms with E-state index in [4.69, 9.17) is 16.6 Å². The fourth-order valence-electron chi connectivity index (χ4n) is 2.22. The Hall–Kier alpha value is -2.51. The van der Waals surface area contributed by atoms with E-state index < -0.39 is 0 Å². The van der Waals surface area contributed by atoms with Crippen LogP contribution >= 0.6 is 28.1 Å². The highest BCUT2D eigenvalue weighted by Gasteiger charge is 2.04. The van der Waals surface area contributed by atoms with E-state index in [1.165, 1.54) is 12.5 Å². The van der Waals surface area contributed by atoms with E-state index in [1.54, 1.807) is 18.2 Å². The fourth-order valence-corrected chi connectivity index (χ4v) is 2.64. The van der Waals surface area contributed by atoms with Gasteiger partial charge in [0.1, 0.15) is 11.8 Å². The number of benzene rings is 2. The van der Waals surface area contributed by atoms with Crippen LogP contribution in [0.4, 0.5) is 5.69 Å². The second-order valence-corrected chi connectivity index (χ2v) is 6.57. The van der Waals surface area contributed by atoms with Gasteiger partial charge in [0.2, 0.25) is 5.43 Å². The van der Waals surface area contributed by atoms with E-state index in [2.05, 4.69) is 31.8 Å². The van der Waals surface area contributed by atoms with Gasteiger partial charge in [0.25, 0.3) is 0 Å². The van der Waals surface area contributed by atoms with Crippen molar-refractivity contribution in [2.75, 3.05) is 5.32 Å². The first-order valence-corrected chi connectivity index (χ1v) is 8.61. The predicted molar refractivity (Wildman–Crippen MR) is 108 cm³/mol. The van der Waals surface area contributed by atoms with E-state index in [0.29, 0.717) is 21.6 Å². The molecule has 5 nitrogen and oxygen atoms in total. The number of nitrogens with zero attached hydrogens (tertiary/aromatic N) is 1. The van der Waals surface area contributed by atoms with Gasteiger partial charge in [-0.05, 0) is 55.0 Å². The zero-order chi connectivity index (χ0) is 17.8. The summed E-state index contributed by atoms with van der Waals surface area (Å²) in [6, 6.07) is 12.9. The Morgan fingerprint density at radius 3 is 2.88 bits per heavy atom. The van der Waals surface area contributed by atoms with Crippen molar-refractivity contribution in [1.82, 2.24) is 5.43 Å². The van der Waals surface area contributed by atoms with Crippen molar-refractivity contribution in [3.8, 4) is 0 Å². The standard InChI is InChI=1S/C18H14BrN3O2S/c1-11-8-13(6-7-15(11)19)21-18(25)22-20-9-12-10-24-16-5-3-2-4-14(16)17(12)23/h2-10H,1H3,(H2,21,22,25). The van der Waals surface area contributed by atoms with Gasteiger partial charge in [-0.25, -0.2) is 0 Å². The van der Waals surface area contributed by atoms with Gasteiger partial charge in [-0.2, -0.15) is 5.10 Å². The van der Waals surface area contributed by atoms with Crippen LogP contribution in [0.15, 0.2) is 67.5 Å². The number of hydrogen-bond acceptors (Lipinski definition) is 4. The minimum absolute atomic E-state index is 0.144. The number of hydrogen-bond donors (Lipinski definition) is 2. The third kappa shape index (κ3) is 4.12. The van der Waals surface area contributed by atoms with Crippen LogP contribution in [0.1, 0.15) is 11.1 Å². The average Bonchev–Trinajstić information content (AvgIpc) is 2.60. The summed E-state index contributed by atoms with van der Waals surface area (Å²) >= 11 is 8.64. The maximum absolute atomic E-state index is 12.3. The van der Waals surface area contributed by atoms with Crippen LogP contribution in [0.5, 0.6) is 0 Å². The largest absolute Gasteiger partial charge is 0.463 e. The molecule has 1 aromatic heterocycles. The topological polar surface area (TPSA) is 66.6 Å². The summed E-state index contributed by atoms with van der Waals surface area (Å²) in [5.41, 5.74) is 5.36. The van der Waals surface area contributed by atoms with Crippen molar-refractivity contribution >= 4 is 56.1 Å². The van der Waals surface area contributed by atoms with Crippen LogP contribution < -0.4 is 16.2 Å². The van der Waals surface area contributed by atoms with Crippen LogP contribution in [0, 0.1) is 6.92 Å². The maximum atomic E-state index is 12.3. The molecular formula is C18H14BrN3O2S. The Balaban J connectivity index is 1.68. The lowest BCUT2D eigenvalue weighted by atomic mass is 10.2. The van der Waals surface area contributed by atoms with Crippen molar-refractivity contribution in [3.05, 3.63) is 74.6 Å². The molecule has 0 spiro atoms. The molecule has 0 aliphatic carbocycles. The number of anilines is 1. The molecule has 25 heavy (non-hydrogen) atoms. The van der Waals surface area contributed by atoms with Gasteiger partial charge < -0.3 is 9.73 Å². The molecule has 0 unspecified atom stereocenters. The Labute approximate surface area is 157 Å². The van der Waals surface area contributed by atoms with Crippen molar-refractivity contribution in [3.63, 3.8) is 0 Å². The highest BCUT2D eigenvalue weighted by atomic mass is 79.9. The second-order valence-electron chi connectivity index (χ2n) is 5.30. The number of aryl methyl sites for hydroxylation is 1. The van der Waals surface area contributed by atoms with Gasteiger partial charge in [0, 0.05) is 10.2 Å². The summed E-state index contributed by atoms with van der Waals surface area (Å²) in [6.07, 6.45) is 2.77. The third-order valence-electron chi connectivity index (χ3n) is 3.49. The lowest BCUT2D eigenvalue weighted by molar-refractivity contribution is 0.601. The third-order valence-corrected chi connectivity index (χ3v) is 4.58. The van der Waals surface area contributed by atoms with Gasteiger partial charge in [-0.3, -0.25) is 10.2 Å². The molecule has 0 saturated heterocycles. The van der Waals surface area contributed by atoms with Gasteiger partial charge in [-0.15, -0.1) is 0 Å². The Morgan fingerprint density at radius 2 is 2.08 bits per heavy atom. The molecule has 126 valence electrons. The first-order valence-electron chi connectivity index (χ1n) is 7.41. The zero-order valence-electron chi connectivity index (χ0n) is 13.2.